The molecule has 2 aromatic heterocycles. The topological polar surface area (TPSA) is 104 Å². The molecule has 2 N–H and O–H groups in total. The maximum absolute atomic E-state index is 11.6. The summed E-state index contributed by atoms with van der Waals surface area (Å²) in [5, 5.41) is 3.34. The van der Waals surface area contributed by atoms with Gasteiger partial charge in [0.05, 0.1) is 12.6 Å². The molecule has 114 valence electrons. The van der Waals surface area contributed by atoms with Gasteiger partial charge in [0.25, 0.3) is 0 Å². The normalized spacial score (nSPS) is 20.8. The molecule has 1 saturated heterocycles. The highest BCUT2D eigenvalue weighted by Gasteiger charge is 2.26. The number of nitrogens with one attached hydrogen (secondary N) is 2. The lowest BCUT2D eigenvalue weighted by Crippen LogP contribution is -2.44. The second kappa shape index (κ2) is 5.39. The Bertz CT molecular complexity index is 761. The number of imidazole rings is 1. The summed E-state index contributed by atoms with van der Waals surface area (Å²) in [6.07, 6.45) is 4.40. The van der Waals surface area contributed by atoms with Crippen LogP contribution in [0.25, 0.3) is 11.2 Å². The highest BCUT2D eigenvalue weighted by atomic mass is 35.5. The van der Waals surface area contributed by atoms with Crippen LogP contribution < -0.4 is 5.32 Å². The van der Waals surface area contributed by atoms with Gasteiger partial charge in [-0.15, -0.1) is 0 Å². The number of piperidine rings is 1. The maximum atomic E-state index is 11.6. The SMILES string of the molecule is CS(=O)(=O)N1CCCC(Nc2nc(Cl)nc3[nH]cnc23)C1. The molecule has 1 fully saturated rings. The van der Waals surface area contributed by atoms with Gasteiger partial charge in [-0.2, -0.15) is 9.97 Å². The molecule has 1 aliphatic rings. The molecule has 21 heavy (non-hydrogen) atoms. The first-order chi connectivity index (χ1) is 9.93. The molecular formula is C11H15ClN6O2S. The van der Waals surface area contributed by atoms with Crippen LogP contribution in [0, 0.1) is 0 Å². The minimum Gasteiger partial charge on any atom is -0.364 e. The summed E-state index contributed by atoms with van der Waals surface area (Å²) in [6.45, 7) is 0.964. The number of rotatable bonds is 3. The number of nitrogens with zero attached hydrogens (tertiary/aromatic N) is 4. The van der Waals surface area contributed by atoms with Crippen LogP contribution in [0.2, 0.25) is 5.28 Å². The third kappa shape index (κ3) is 3.09. The van der Waals surface area contributed by atoms with Crippen LogP contribution in [0.15, 0.2) is 6.33 Å². The molecule has 0 bridgehead atoms. The lowest BCUT2D eigenvalue weighted by atomic mass is 10.1. The van der Waals surface area contributed by atoms with E-state index in [0.29, 0.717) is 30.1 Å². The van der Waals surface area contributed by atoms with Crippen molar-refractivity contribution in [3.8, 4) is 0 Å². The number of halogens is 1. The zero-order valence-corrected chi connectivity index (χ0v) is 12.9. The lowest BCUT2D eigenvalue weighted by Gasteiger charge is -2.31. The summed E-state index contributed by atoms with van der Waals surface area (Å²) in [7, 11) is -3.18. The monoisotopic (exact) mass is 330 g/mol. The van der Waals surface area contributed by atoms with Gasteiger partial charge in [0.2, 0.25) is 15.3 Å². The molecule has 3 heterocycles. The Kier molecular flexibility index (Phi) is 3.72. The number of hydrogen-bond acceptors (Lipinski definition) is 6. The average molecular weight is 331 g/mol. The van der Waals surface area contributed by atoms with Gasteiger partial charge in [-0.3, -0.25) is 0 Å². The first-order valence-corrected chi connectivity index (χ1v) is 8.74. The van der Waals surface area contributed by atoms with E-state index in [4.69, 9.17) is 11.6 Å². The van der Waals surface area contributed by atoms with Gasteiger partial charge in [-0.1, -0.05) is 0 Å². The van der Waals surface area contributed by atoms with E-state index in [1.165, 1.54) is 16.9 Å². The van der Waals surface area contributed by atoms with E-state index in [1.807, 2.05) is 0 Å². The summed E-state index contributed by atoms with van der Waals surface area (Å²) in [5.74, 6) is 0.520. The standard InChI is InChI=1S/C11H15ClN6O2S/c1-21(19,20)18-4-2-3-7(5-18)15-10-8-9(14-6-13-8)16-11(12)17-10/h6-7H,2-5H2,1H3,(H2,13,14,15,16,17). The smallest absolute Gasteiger partial charge is 0.226 e. The molecule has 3 rings (SSSR count). The van der Waals surface area contributed by atoms with Gasteiger partial charge in [0, 0.05) is 19.1 Å². The van der Waals surface area contributed by atoms with Crippen molar-refractivity contribution < 1.29 is 8.42 Å². The fourth-order valence-electron chi connectivity index (χ4n) is 2.46. The van der Waals surface area contributed by atoms with Crippen molar-refractivity contribution in [1.29, 1.82) is 0 Å². The van der Waals surface area contributed by atoms with Crippen molar-refractivity contribution in [2.45, 2.75) is 18.9 Å². The molecule has 1 atom stereocenters. The maximum Gasteiger partial charge on any atom is 0.226 e. The number of hydrogen-bond donors (Lipinski definition) is 2. The number of H-pyrrole nitrogens is 1. The van der Waals surface area contributed by atoms with E-state index in [0.717, 1.165) is 12.8 Å². The minimum atomic E-state index is -3.18. The van der Waals surface area contributed by atoms with Crippen molar-refractivity contribution in [2.24, 2.45) is 0 Å². The van der Waals surface area contributed by atoms with E-state index in [9.17, 15) is 8.42 Å². The molecule has 0 aliphatic carbocycles. The molecule has 0 spiro atoms. The van der Waals surface area contributed by atoms with Crippen molar-refractivity contribution >= 4 is 38.6 Å². The Balaban J connectivity index is 1.83. The van der Waals surface area contributed by atoms with Crippen molar-refractivity contribution in [1.82, 2.24) is 24.2 Å². The van der Waals surface area contributed by atoms with Gasteiger partial charge in [0.1, 0.15) is 5.52 Å². The highest BCUT2D eigenvalue weighted by Crippen LogP contribution is 2.22. The van der Waals surface area contributed by atoms with Gasteiger partial charge >= 0.3 is 0 Å². The Hall–Kier alpha value is -1.45. The lowest BCUT2D eigenvalue weighted by molar-refractivity contribution is 0.329. The molecule has 0 saturated carbocycles. The molecule has 0 radical (unpaired) electrons. The third-order valence-electron chi connectivity index (χ3n) is 3.45. The largest absolute Gasteiger partial charge is 0.364 e. The number of sulfonamides is 1. The van der Waals surface area contributed by atoms with Crippen LogP contribution >= 0.6 is 11.6 Å². The number of aromatic amines is 1. The Morgan fingerprint density at radius 2 is 2.29 bits per heavy atom. The van der Waals surface area contributed by atoms with Crippen LogP contribution in [-0.2, 0) is 10.0 Å². The predicted octanol–water partition coefficient (Wildman–Crippen LogP) is 0.842. The highest BCUT2D eigenvalue weighted by molar-refractivity contribution is 7.88. The van der Waals surface area contributed by atoms with Gasteiger partial charge in [0.15, 0.2) is 11.5 Å². The van der Waals surface area contributed by atoms with E-state index in [-0.39, 0.29) is 11.3 Å². The Labute approximate surface area is 127 Å². The third-order valence-corrected chi connectivity index (χ3v) is 4.88. The second-order valence-corrected chi connectivity index (χ2v) is 7.37. The second-order valence-electron chi connectivity index (χ2n) is 5.05. The number of fused-ring (bicyclic) bond motifs is 1. The molecule has 1 aliphatic heterocycles. The van der Waals surface area contributed by atoms with Crippen LogP contribution in [0.5, 0.6) is 0 Å². The van der Waals surface area contributed by atoms with E-state index >= 15 is 0 Å². The van der Waals surface area contributed by atoms with E-state index in [2.05, 4.69) is 25.3 Å². The van der Waals surface area contributed by atoms with Gasteiger partial charge < -0.3 is 10.3 Å². The first kappa shape index (κ1) is 14.5. The fourth-order valence-corrected chi connectivity index (χ4v) is 3.54. The van der Waals surface area contributed by atoms with Crippen LogP contribution in [0.3, 0.4) is 0 Å². The zero-order valence-electron chi connectivity index (χ0n) is 11.4. The number of aromatic nitrogens is 4. The summed E-state index contributed by atoms with van der Waals surface area (Å²) in [4.78, 5) is 15.2. The molecule has 8 nitrogen and oxygen atoms in total. The van der Waals surface area contributed by atoms with Gasteiger partial charge in [-0.25, -0.2) is 17.7 Å². The van der Waals surface area contributed by atoms with Crippen molar-refractivity contribution in [2.75, 3.05) is 24.7 Å². The van der Waals surface area contributed by atoms with Crippen LogP contribution in [-0.4, -0.2) is 58.0 Å². The van der Waals surface area contributed by atoms with Crippen molar-refractivity contribution in [3.63, 3.8) is 0 Å². The zero-order chi connectivity index (χ0) is 15.0. The van der Waals surface area contributed by atoms with Gasteiger partial charge in [-0.05, 0) is 24.4 Å². The summed E-state index contributed by atoms with van der Waals surface area (Å²) < 4.78 is 24.8. The van der Waals surface area contributed by atoms with Crippen LogP contribution in [0.4, 0.5) is 5.82 Å². The quantitative estimate of drug-likeness (QED) is 0.808. The van der Waals surface area contributed by atoms with E-state index < -0.39 is 10.0 Å². The Morgan fingerprint density at radius 1 is 1.48 bits per heavy atom. The first-order valence-electron chi connectivity index (χ1n) is 6.52. The molecule has 2 aromatic rings. The summed E-state index contributed by atoms with van der Waals surface area (Å²) in [5.41, 5.74) is 1.14. The molecular weight excluding hydrogens is 316 g/mol. The van der Waals surface area contributed by atoms with Crippen LogP contribution in [0.1, 0.15) is 12.8 Å². The summed E-state index contributed by atoms with van der Waals surface area (Å²) in [6, 6.07) is -0.0284. The fraction of sp³-hybridized carbons (Fsp3) is 0.545. The van der Waals surface area contributed by atoms with Crippen molar-refractivity contribution in [3.05, 3.63) is 11.6 Å². The number of anilines is 1. The molecule has 1 unspecified atom stereocenters. The molecule has 10 heteroatoms. The average Bonchev–Trinajstić information content (AvgIpc) is 2.86. The summed E-state index contributed by atoms with van der Waals surface area (Å²) >= 11 is 5.88. The predicted molar refractivity (Wildman–Crippen MR) is 79.8 cm³/mol. The molecule has 0 amide bonds. The minimum absolute atomic E-state index is 0.0284. The van der Waals surface area contributed by atoms with E-state index in [1.54, 1.807) is 0 Å². The Morgan fingerprint density at radius 3 is 3.05 bits per heavy atom. The molecule has 0 aromatic carbocycles.